The Hall–Kier alpha value is -2.67. The molecule has 2 aromatic carbocycles. The van der Waals surface area contributed by atoms with Crippen LogP contribution in [0.15, 0.2) is 59.8 Å². The third-order valence-electron chi connectivity index (χ3n) is 3.84. The Morgan fingerprint density at radius 3 is 2.54 bits per heavy atom. The molecule has 0 aliphatic rings. The van der Waals surface area contributed by atoms with E-state index in [4.69, 9.17) is 0 Å². The Morgan fingerprint density at radius 2 is 1.85 bits per heavy atom. The van der Waals surface area contributed by atoms with E-state index in [-0.39, 0.29) is 17.0 Å². The number of nitrogens with zero attached hydrogens (tertiary/aromatic N) is 3. The maximum absolute atomic E-state index is 12.9. The molecule has 5 nitrogen and oxygen atoms in total. The van der Waals surface area contributed by atoms with Crippen molar-refractivity contribution in [3.05, 3.63) is 71.8 Å². The summed E-state index contributed by atoms with van der Waals surface area (Å²) in [5, 5.41) is 11.5. The number of halogens is 1. The molecule has 0 saturated heterocycles. The number of amides is 1. The second kappa shape index (κ2) is 8.14. The first kappa shape index (κ1) is 18.1. The van der Waals surface area contributed by atoms with Gasteiger partial charge in [-0.25, -0.2) is 4.39 Å². The molecule has 0 radical (unpaired) electrons. The van der Waals surface area contributed by atoms with Gasteiger partial charge in [0.2, 0.25) is 5.91 Å². The highest BCUT2D eigenvalue weighted by Crippen LogP contribution is 2.25. The van der Waals surface area contributed by atoms with Gasteiger partial charge in [0.15, 0.2) is 5.16 Å². The van der Waals surface area contributed by atoms with Crippen LogP contribution >= 0.6 is 11.8 Å². The average molecular weight is 370 g/mol. The molecule has 0 unspecified atom stereocenters. The standard InChI is InChI=1S/C19H19FN4OS/c1-13(18(25)21-12-15-8-10-16(20)11-9-15)26-19-23-22-14(2)24(19)17-6-4-3-5-7-17/h3-11,13H,12H2,1-2H3,(H,21,25)/t13-/m1/s1. The summed E-state index contributed by atoms with van der Waals surface area (Å²) in [6.07, 6.45) is 0. The van der Waals surface area contributed by atoms with Crippen LogP contribution in [-0.2, 0) is 11.3 Å². The molecule has 0 saturated carbocycles. The van der Waals surface area contributed by atoms with Crippen LogP contribution < -0.4 is 5.32 Å². The van der Waals surface area contributed by atoms with Gasteiger partial charge in [-0.2, -0.15) is 0 Å². The first-order chi connectivity index (χ1) is 12.5. The molecule has 134 valence electrons. The van der Waals surface area contributed by atoms with E-state index in [0.717, 1.165) is 17.1 Å². The van der Waals surface area contributed by atoms with Crippen LogP contribution in [-0.4, -0.2) is 25.9 Å². The average Bonchev–Trinajstić information content (AvgIpc) is 3.01. The third kappa shape index (κ3) is 4.29. The van der Waals surface area contributed by atoms with Gasteiger partial charge in [-0.1, -0.05) is 42.1 Å². The fourth-order valence-electron chi connectivity index (χ4n) is 2.44. The first-order valence-corrected chi connectivity index (χ1v) is 9.09. The van der Waals surface area contributed by atoms with Crippen molar-refractivity contribution in [1.29, 1.82) is 0 Å². The van der Waals surface area contributed by atoms with Crippen molar-refractivity contribution >= 4 is 17.7 Å². The van der Waals surface area contributed by atoms with E-state index in [0.29, 0.717) is 11.7 Å². The van der Waals surface area contributed by atoms with Crippen LogP contribution in [0.25, 0.3) is 5.69 Å². The van der Waals surface area contributed by atoms with Crippen molar-refractivity contribution < 1.29 is 9.18 Å². The topological polar surface area (TPSA) is 59.8 Å². The molecule has 1 atom stereocenters. The Labute approximate surface area is 155 Å². The van der Waals surface area contributed by atoms with E-state index in [1.807, 2.05) is 48.7 Å². The summed E-state index contributed by atoms with van der Waals surface area (Å²) in [6, 6.07) is 15.9. The van der Waals surface area contributed by atoms with Crippen molar-refractivity contribution in [2.24, 2.45) is 0 Å². The summed E-state index contributed by atoms with van der Waals surface area (Å²) < 4.78 is 14.9. The summed E-state index contributed by atoms with van der Waals surface area (Å²) in [6.45, 7) is 4.06. The fraction of sp³-hybridized carbons (Fsp3) is 0.211. The first-order valence-electron chi connectivity index (χ1n) is 8.21. The van der Waals surface area contributed by atoms with Crippen LogP contribution in [0.2, 0.25) is 0 Å². The molecule has 1 aromatic heterocycles. The molecule has 0 aliphatic heterocycles. The Bertz CT molecular complexity index is 880. The summed E-state index contributed by atoms with van der Waals surface area (Å²) in [5.74, 6) is 0.358. The molecule has 3 rings (SSSR count). The van der Waals surface area contributed by atoms with Crippen molar-refractivity contribution in [2.45, 2.75) is 30.8 Å². The van der Waals surface area contributed by atoms with Crippen LogP contribution in [0.4, 0.5) is 4.39 Å². The minimum absolute atomic E-state index is 0.111. The highest BCUT2D eigenvalue weighted by molar-refractivity contribution is 8.00. The third-order valence-corrected chi connectivity index (χ3v) is 4.88. The molecule has 0 aliphatic carbocycles. The van der Waals surface area contributed by atoms with Crippen molar-refractivity contribution in [2.75, 3.05) is 0 Å². The predicted molar refractivity (Wildman–Crippen MR) is 99.7 cm³/mol. The molecule has 1 amide bonds. The molecular formula is C19H19FN4OS. The zero-order valence-electron chi connectivity index (χ0n) is 14.5. The smallest absolute Gasteiger partial charge is 0.233 e. The maximum Gasteiger partial charge on any atom is 0.233 e. The number of rotatable bonds is 6. The van der Waals surface area contributed by atoms with Gasteiger partial charge in [0, 0.05) is 12.2 Å². The van der Waals surface area contributed by atoms with E-state index in [9.17, 15) is 9.18 Å². The Kier molecular flexibility index (Phi) is 5.68. The van der Waals surface area contributed by atoms with Gasteiger partial charge in [-0.05, 0) is 43.7 Å². The zero-order chi connectivity index (χ0) is 18.5. The molecule has 26 heavy (non-hydrogen) atoms. The largest absolute Gasteiger partial charge is 0.351 e. The monoisotopic (exact) mass is 370 g/mol. The number of aryl methyl sites for hydroxylation is 1. The lowest BCUT2D eigenvalue weighted by atomic mass is 10.2. The number of carbonyl (C=O) groups is 1. The second-order valence-electron chi connectivity index (χ2n) is 5.81. The molecule has 1 N–H and O–H groups in total. The molecular weight excluding hydrogens is 351 g/mol. The number of benzene rings is 2. The number of nitrogens with one attached hydrogen (secondary N) is 1. The zero-order valence-corrected chi connectivity index (χ0v) is 15.3. The highest BCUT2D eigenvalue weighted by Gasteiger charge is 2.19. The van der Waals surface area contributed by atoms with Crippen molar-refractivity contribution in [1.82, 2.24) is 20.1 Å². The Morgan fingerprint density at radius 1 is 1.15 bits per heavy atom. The maximum atomic E-state index is 12.9. The van der Waals surface area contributed by atoms with Gasteiger partial charge >= 0.3 is 0 Å². The van der Waals surface area contributed by atoms with Gasteiger partial charge in [0.1, 0.15) is 11.6 Å². The number of para-hydroxylation sites is 1. The number of hydrogen-bond donors (Lipinski definition) is 1. The normalized spacial score (nSPS) is 12.0. The van der Waals surface area contributed by atoms with Gasteiger partial charge in [-0.3, -0.25) is 9.36 Å². The molecule has 0 fully saturated rings. The van der Waals surface area contributed by atoms with Gasteiger partial charge < -0.3 is 5.32 Å². The molecule has 0 spiro atoms. The number of hydrogen-bond acceptors (Lipinski definition) is 4. The fourth-order valence-corrected chi connectivity index (χ4v) is 3.38. The second-order valence-corrected chi connectivity index (χ2v) is 7.11. The molecule has 3 aromatic rings. The van der Waals surface area contributed by atoms with E-state index < -0.39 is 0 Å². The summed E-state index contributed by atoms with van der Waals surface area (Å²) in [7, 11) is 0. The molecule has 1 heterocycles. The lowest BCUT2D eigenvalue weighted by Gasteiger charge is -2.13. The number of carbonyl (C=O) groups excluding carboxylic acids is 1. The van der Waals surface area contributed by atoms with Crippen molar-refractivity contribution in [3.8, 4) is 5.69 Å². The number of thioether (sulfide) groups is 1. The number of aromatic nitrogens is 3. The lowest BCUT2D eigenvalue weighted by Crippen LogP contribution is -2.30. The summed E-state index contributed by atoms with van der Waals surface area (Å²) in [4.78, 5) is 12.4. The molecule has 7 heteroatoms. The predicted octanol–water partition coefficient (Wildman–Crippen LogP) is 3.51. The van der Waals surface area contributed by atoms with Gasteiger partial charge in [-0.15, -0.1) is 10.2 Å². The van der Waals surface area contributed by atoms with Gasteiger partial charge in [0.25, 0.3) is 0 Å². The van der Waals surface area contributed by atoms with E-state index in [1.54, 1.807) is 12.1 Å². The van der Waals surface area contributed by atoms with Crippen molar-refractivity contribution in [3.63, 3.8) is 0 Å². The highest BCUT2D eigenvalue weighted by atomic mass is 32.2. The Balaban J connectivity index is 1.65. The minimum Gasteiger partial charge on any atom is -0.351 e. The van der Waals surface area contributed by atoms with Gasteiger partial charge in [0.05, 0.1) is 5.25 Å². The van der Waals surface area contributed by atoms with E-state index in [1.165, 1.54) is 23.9 Å². The summed E-state index contributed by atoms with van der Waals surface area (Å²) in [5.41, 5.74) is 1.80. The van der Waals surface area contributed by atoms with Crippen LogP contribution in [0.5, 0.6) is 0 Å². The lowest BCUT2D eigenvalue weighted by molar-refractivity contribution is -0.120. The minimum atomic E-state index is -0.346. The van der Waals surface area contributed by atoms with E-state index in [2.05, 4.69) is 15.5 Å². The molecule has 0 bridgehead atoms. The summed E-state index contributed by atoms with van der Waals surface area (Å²) >= 11 is 1.35. The quantitative estimate of drug-likeness (QED) is 0.675. The van der Waals surface area contributed by atoms with Crippen LogP contribution in [0, 0.1) is 12.7 Å². The van der Waals surface area contributed by atoms with E-state index >= 15 is 0 Å². The SMILES string of the molecule is Cc1nnc(S[C@H](C)C(=O)NCc2ccc(F)cc2)n1-c1ccccc1. The van der Waals surface area contributed by atoms with Crippen LogP contribution in [0.3, 0.4) is 0 Å². The van der Waals surface area contributed by atoms with Crippen LogP contribution in [0.1, 0.15) is 18.3 Å².